The first-order valence-electron chi connectivity index (χ1n) is 7.72. The molecule has 1 fully saturated rings. The first kappa shape index (κ1) is 18.1. The van der Waals surface area contributed by atoms with Crippen LogP contribution in [-0.2, 0) is 10.0 Å². The van der Waals surface area contributed by atoms with Crippen molar-refractivity contribution in [3.8, 4) is 0 Å². The van der Waals surface area contributed by atoms with Gasteiger partial charge in [-0.3, -0.25) is 4.79 Å². The Morgan fingerprint density at radius 2 is 1.88 bits per heavy atom. The van der Waals surface area contributed by atoms with E-state index in [1.807, 2.05) is 7.05 Å². The largest absolute Gasteiger partial charge is 0.444 e. The SMILES string of the molecule is CN1CCN(S(=O)(=O)c2cccc(NC(=O)c3ccc(Br)o3)c2)CC1. The smallest absolute Gasteiger partial charge is 0.291 e. The molecule has 0 unspecified atom stereocenters. The summed E-state index contributed by atoms with van der Waals surface area (Å²) in [5.41, 5.74) is 0.396. The quantitative estimate of drug-likeness (QED) is 0.808. The molecule has 0 spiro atoms. The summed E-state index contributed by atoms with van der Waals surface area (Å²) < 4.78 is 32.7. The third-order valence-corrected chi connectivity index (χ3v) is 6.31. The van der Waals surface area contributed by atoms with Gasteiger partial charge in [-0.15, -0.1) is 0 Å². The first-order valence-corrected chi connectivity index (χ1v) is 9.95. The van der Waals surface area contributed by atoms with Gasteiger partial charge in [0.25, 0.3) is 5.91 Å². The fourth-order valence-corrected chi connectivity index (χ4v) is 4.32. The van der Waals surface area contributed by atoms with Gasteiger partial charge in [0.05, 0.1) is 4.90 Å². The number of halogens is 1. The minimum atomic E-state index is -3.58. The molecule has 2 heterocycles. The van der Waals surface area contributed by atoms with Crippen LogP contribution in [0.3, 0.4) is 0 Å². The van der Waals surface area contributed by atoms with Gasteiger partial charge >= 0.3 is 0 Å². The number of carbonyl (C=O) groups excluding carboxylic acids is 1. The number of likely N-dealkylation sites (N-methyl/N-ethyl adjacent to an activating group) is 1. The van der Waals surface area contributed by atoms with Crippen LogP contribution < -0.4 is 5.32 Å². The van der Waals surface area contributed by atoms with E-state index in [0.717, 1.165) is 0 Å². The zero-order valence-corrected chi connectivity index (χ0v) is 16.0. The molecule has 3 rings (SSSR count). The molecule has 134 valence electrons. The molecular formula is C16H18BrN3O4S. The fourth-order valence-electron chi connectivity index (χ4n) is 2.54. The summed E-state index contributed by atoms with van der Waals surface area (Å²) in [7, 11) is -1.61. The average Bonchev–Trinajstić information content (AvgIpc) is 3.02. The van der Waals surface area contributed by atoms with Crippen molar-refractivity contribution >= 4 is 37.5 Å². The van der Waals surface area contributed by atoms with E-state index in [1.54, 1.807) is 18.2 Å². The third-order valence-electron chi connectivity index (χ3n) is 3.99. The molecule has 1 aliphatic heterocycles. The summed E-state index contributed by atoms with van der Waals surface area (Å²) in [5.74, 6) is -0.306. The third kappa shape index (κ3) is 4.12. The van der Waals surface area contributed by atoms with Crippen molar-refractivity contribution in [2.24, 2.45) is 0 Å². The molecule has 0 saturated carbocycles. The summed E-state index contributed by atoms with van der Waals surface area (Å²) in [6.07, 6.45) is 0. The van der Waals surface area contributed by atoms with Gasteiger partial charge in [-0.25, -0.2) is 8.42 Å². The van der Waals surface area contributed by atoms with Gasteiger partial charge in [-0.2, -0.15) is 4.31 Å². The van der Waals surface area contributed by atoms with Crippen LogP contribution in [-0.4, -0.2) is 56.8 Å². The Labute approximate surface area is 154 Å². The number of benzene rings is 1. The number of carbonyl (C=O) groups is 1. The number of anilines is 1. The summed E-state index contributed by atoms with van der Waals surface area (Å²) >= 11 is 3.14. The molecule has 2 aromatic rings. The zero-order chi connectivity index (χ0) is 18.0. The van der Waals surface area contributed by atoms with Crippen LogP contribution >= 0.6 is 15.9 Å². The second-order valence-corrected chi connectivity index (χ2v) is 8.51. The summed E-state index contributed by atoms with van der Waals surface area (Å²) in [6.45, 7) is 2.30. The molecule has 9 heteroatoms. The van der Waals surface area contributed by atoms with Gasteiger partial charge in [0.2, 0.25) is 10.0 Å². The summed E-state index contributed by atoms with van der Waals surface area (Å²) in [5, 5.41) is 2.65. The number of rotatable bonds is 4. The lowest BCUT2D eigenvalue weighted by Gasteiger charge is -2.31. The lowest BCUT2D eigenvalue weighted by Crippen LogP contribution is -2.47. The van der Waals surface area contributed by atoms with Gasteiger partial charge in [-0.05, 0) is 53.3 Å². The molecule has 1 aromatic carbocycles. The minimum Gasteiger partial charge on any atom is -0.444 e. The average molecular weight is 428 g/mol. The maximum absolute atomic E-state index is 12.8. The van der Waals surface area contributed by atoms with E-state index in [2.05, 4.69) is 26.1 Å². The Kier molecular flexibility index (Phi) is 5.28. The second-order valence-electron chi connectivity index (χ2n) is 5.79. The maximum Gasteiger partial charge on any atom is 0.291 e. The standard InChI is InChI=1S/C16H18BrN3O4S/c1-19-7-9-20(10-8-19)25(22,23)13-4-2-3-12(11-13)18-16(21)14-5-6-15(17)24-14/h2-6,11H,7-10H2,1H3,(H,18,21). The molecule has 1 aliphatic rings. The number of hydrogen-bond acceptors (Lipinski definition) is 5. The molecule has 25 heavy (non-hydrogen) atoms. The van der Waals surface area contributed by atoms with Gasteiger partial charge in [0, 0.05) is 31.9 Å². The van der Waals surface area contributed by atoms with Crippen molar-refractivity contribution < 1.29 is 17.6 Å². The number of furan rings is 1. The number of hydrogen-bond donors (Lipinski definition) is 1. The molecular weight excluding hydrogens is 410 g/mol. The Morgan fingerprint density at radius 3 is 2.52 bits per heavy atom. The number of piperazine rings is 1. The van der Waals surface area contributed by atoms with Crippen LogP contribution in [0, 0.1) is 0 Å². The highest BCUT2D eigenvalue weighted by Gasteiger charge is 2.27. The molecule has 0 atom stereocenters. The van der Waals surface area contributed by atoms with E-state index < -0.39 is 15.9 Å². The van der Waals surface area contributed by atoms with E-state index >= 15 is 0 Å². The highest BCUT2D eigenvalue weighted by atomic mass is 79.9. The lowest BCUT2D eigenvalue weighted by atomic mass is 10.3. The summed E-state index contributed by atoms with van der Waals surface area (Å²) in [4.78, 5) is 14.4. The Hall–Kier alpha value is -1.68. The molecule has 0 bridgehead atoms. The normalized spacial score (nSPS) is 16.7. The topological polar surface area (TPSA) is 82.9 Å². The molecule has 0 aliphatic carbocycles. The van der Waals surface area contributed by atoms with E-state index in [4.69, 9.17) is 4.42 Å². The van der Waals surface area contributed by atoms with Crippen molar-refractivity contribution in [1.29, 1.82) is 0 Å². The zero-order valence-electron chi connectivity index (χ0n) is 13.6. The fraction of sp³-hybridized carbons (Fsp3) is 0.312. The van der Waals surface area contributed by atoms with Crippen LogP contribution in [0.15, 0.2) is 50.4 Å². The molecule has 1 N–H and O–H groups in total. The van der Waals surface area contributed by atoms with Crippen LogP contribution in [0.4, 0.5) is 5.69 Å². The monoisotopic (exact) mass is 427 g/mol. The maximum atomic E-state index is 12.8. The number of sulfonamides is 1. The number of nitrogens with zero attached hydrogens (tertiary/aromatic N) is 2. The van der Waals surface area contributed by atoms with E-state index in [0.29, 0.717) is 36.5 Å². The van der Waals surface area contributed by atoms with Crippen molar-refractivity contribution in [3.05, 3.63) is 46.8 Å². The van der Waals surface area contributed by atoms with Gasteiger partial charge in [0.15, 0.2) is 10.4 Å². The Bertz CT molecular complexity index is 873. The van der Waals surface area contributed by atoms with Gasteiger partial charge < -0.3 is 14.6 Å². The molecule has 1 amide bonds. The lowest BCUT2D eigenvalue weighted by molar-refractivity contribution is 0.0995. The van der Waals surface area contributed by atoms with Crippen molar-refractivity contribution in [3.63, 3.8) is 0 Å². The van der Waals surface area contributed by atoms with E-state index in [-0.39, 0.29) is 10.7 Å². The van der Waals surface area contributed by atoms with Gasteiger partial charge in [0.1, 0.15) is 0 Å². The Balaban J connectivity index is 1.78. The highest BCUT2D eigenvalue weighted by molar-refractivity contribution is 9.10. The van der Waals surface area contributed by atoms with Crippen LogP contribution in [0.1, 0.15) is 10.6 Å². The van der Waals surface area contributed by atoms with E-state index in [9.17, 15) is 13.2 Å². The van der Waals surface area contributed by atoms with Crippen LogP contribution in [0.25, 0.3) is 0 Å². The van der Waals surface area contributed by atoms with Crippen LogP contribution in [0.2, 0.25) is 0 Å². The predicted molar refractivity (Wildman–Crippen MR) is 97.1 cm³/mol. The Morgan fingerprint density at radius 1 is 1.16 bits per heavy atom. The first-order chi connectivity index (χ1) is 11.9. The molecule has 7 nitrogen and oxygen atoms in total. The van der Waals surface area contributed by atoms with Gasteiger partial charge in [-0.1, -0.05) is 6.07 Å². The number of amides is 1. The number of nitrogens with one attached hydrogen (secondary N) is 1. The molecule has 0 radical (unpaired) electrons. The van der Waals surface area contributed by atoms with E-state index in [1.165, 1.54) is 22.5 Å². The van der Waals surface area contributed by atoms with Crippen molar-refractivity contribution in [2.75, 3.05) is 38.5 Å². The highest BCUT2D eigenvalue weighted by Crippen LogP contribution is 2.22. The summed E-state index contributed by atoms with van der Waals surface area (Å²) in [6, 6.07) is 9.39. The van der Waals surface area contributed by atoms with Crippen molar-refractivity contribution in [1.82, 2.24) is 9.21 Å². The minimum absolute atomic E-state index is 0.138. The predicted octanol–water partition coefficient (Wildman–Crippen LogP) is 2.23. The van der Waals surface area contributed by atoms with Crippen molar-refractivity contribution in [2.45, 2.75) is 4.90 Å². The molecule has 1 aromatic heterocycles. The second kappa shape index (κ2) is 7.28. The van der Waals surface area contributed by atoms with Crippen LogP contribution in [0.5, 0.6) is 0 Å². The molecule has 1 saturated heterocycles.